The van der Waals surface area contributed by atoms with E-state index in [0.717, 1.165) is 17.2 Å². The topological polar surface area (TPSA) is 128 Å². The number of benzene rings is 1. The molecule has 0 aliphatic heterocycles. The maximum absolute atomic E-state index is 13.2. The van der Waals surface area contributed by atoms with Gasteiger partial charge in [0.1, 0.15) is 5.69 Å². The molecule has 9 nitrogen and oxygen atoms in total. The number of Topliss-reactive ketones (excluding diaryl/α,β-unsaturated/α-hetero) is 1. The Hall–Kier alpha value is -4.01. The third kappa shape index (κ3) is 5.79. The summed E-state index contributed by atoms with van der Waals surface area (Å²) < 4.78 is 0. The Morgan fingerprint density at radius 1 is 0.806 bits per heavy atom. The number of nitro groups is 2. The molecule has 2 aliphatic carbocycles. The molecule has 1 aromatic rings. The lowest BCUT2D eigenvalue weighted by Gasteiger charge is -2.36. The number of carbonyl (C=O) groups is 1. The second-order valence-corrected chi connectivity index (χ2v) is 11.1. The van der Waals surface area contributed by atoms with E-state index in [2.05, 4.69) is 4.99 Å². The first-order valence-electron chi connectivity index (χ1n) is 11.5. The first-order valence-corrected chi connectivity index (χ1v) is 11.5. The molecule has 0 amide bonds. The molecular formula is C27H30N4O5. The highest BCUT2D eigenvalue weighted by molar-refractivity contribution is 6.19. The van der Waals surface area contributed by atoms with Gasteiger partial charge >= 0.3 is 5.69 Å². The van der Waals surface area contributed by atoms with Crippen molar-refractivity contribution in [2.75, 3.05) is 0 Å². The number of hydrogen-bond acceptors (Lipinski definition) is 7. The standard InChI is InChI=1S/C27H30N4O5/c1-25(2,3)20-15-27(7,16-21(24(20)32)26(4,5)6)29-18-10-8-17(9-11-18)28-22-13-12-19(30(33)34)14-23(22)31(35)36/h8-16H,1-7H3. The minimum atomic E-state index is -0.741. The molecule has 0 unspecified atom stereocenters. The van der Waals surface area contributed by atoms with E-state index in [1.54, 1.807) is 24.3 Å². The van der Waals surface area contributed by atoms with Crippen molar-refractivity contribution in [1.29, 1.82) is 0 Å². The number of allylic oxidation sites excluding steroid dienone is 6. The summed E-state index contributed by atoms with van der Waals surface area (Å²) in [5.74, 6) is 0.0431. The van der Waals surface area contributed by atoms with Gasteiger partial charge in [0.05, 0.1) is 32.9 Å². The molecule has 0 N–H and O–H groups in total. The fraction of sp³-hybridized carbons (Fsp3) is 0.370. The highest BCUT2D eigenvalue weighted by Gasteiger charge is 2.39. The molecule has 0 atom stereocenters. The van der Waals surface area contributed by atoms with Crippen LogP contribution in [0.2, 0.25) is 0 Å². The van der Waals surface area contributed by atoms with Gasteiger partial charge in [-0.3, -0.25) is 30.0 Å². The maximum Gasteiger partial charge on any atom is 0.301 e. The predicted octanol–water partition coefficient (Wildman–Crippen LogP) is 6.43. The Bertz CT molecular complexity index is 1280. The van der Waals surface area contributed by atoms with Crippen LogP contribution in [0.15, 0.2) is 75.8 Å². The molecule has 2 aliphatic rings. The normalized spacial score (nSPS) is 17.5. The summed E-state index contributed by atoms with van der Waals surface area (Å²) in [6.07, 6.45) is 10.7. The third-order valence-electron chi connectivity index (χ3n) is 5.81. The van der Waals surface area contributed by atoms with Crippen LogP contribution in [0.4, 0.5) is 17.1 Å². The van der Waals surface area contributed by atoms with Crippen LogP contribution >= 0.6 is 0 Å². The number of rotatable bonds is 4. The lowest BCUT2D eigenvalue weighted by atomic mass is 9.69. The quantitative estimate of drug-likeness (QED) is 0.273. The Balaban J connectivity index is 1.98. The Morgan fingerprint density at radius 3 is 1.75 bits per heavy atom. The van der Waals surface area contributed by atoms with Crippen LogP contribution in [0.25, 0.3) is 0 Å². The Labute approximate surface area is 210 Å². The van der Waals surface area contributed by atoms with E-state index in [9.17, 15) is 25.0 Å². The van der Waals surface area contributed by atoms with Crippen LogP contribution in [0.3, 0.4) is 0 Å². The van der Waals surface area contributed by atoms with Gasteiger partial charge in [-0.05, 0) is 60.3 Å². The largest absolute Gasteiger partial charge is 0.301 e. The van der Waals surface area contributed by atoms with E-state index < -0.39 is 21.1 Å². The zero-order valence-electron chi connectivity index (χ0n) is 21.5. The SMILES string of the molecule is CC1(N=C2C=CC(=Nc3ccc([N+](=O)[O-])cc3[N+](=O)[O-])C=C2)C=C(C(C)(C)C)C(=O)C(C(C)(C)C)=C1. The van der Waals surface area contributed by atoms with Crippen molar-refractivity contribution < 1.29 is 14.6 Å². The first-order chi connectivity index (χ1) is 16.5. The number of nitro benzene ring substituents is 2. The van der Waals surface area contributed by atoms with E-state index in [1.165, 1.54) is 12.1 Å². The molecule has 0 spiro atoms. The van der Waals surface area contributed by atoms with E-state index in [-0.39, 0.29) is 28.0 Å². The summed E-state index contributed by atoms with van der Waals surface area (Å²) in [7, 11) is 0. The average Bonchev–Trinajstić information content (AvgIpc) is 2.75. The zero-order chi connectivity index (χ0) is 27.1. The molecule has 36 heavy (non-hydrogen) atoms. The summed E-state index contributed by atoms with van der Waals surface area (Å²) in [6, 6.07) is 3.33. The summed E-state index contributed by atoms with van der Waals surface area (Å²) in [4.78, 5) is 43.4. The molecule has 1 aromatic carbocycles. The second-order valence-electron chi connectivity index (χ2n) is 11.1. The van der Waals surface area contributed by atoms with Crippen molar-refractivity contribution in [3.63, 3.8) is 0 Å². The fourth-order valence-electron chi connectivity index (χ4n) is 3.97. The zero-order valence-corrected chi connectivity index (χ0v) is 21.5. The Kier molecular flexibility index (Phi) is 6.81. The molecule has 188 valence electrons. The van der Waals surface area contributed by atoms with Crippen LogP contribution in [0, 0.1) is 31.1 Å². The third-order valence-corrected chi connectivity index (χ3v) is 5.81. The monoisotopic (exact) mass is 490 g/mol. The molecule has 9 heteroatoms. The minimum Gasteiger partial charge on any atom is -0.289 e. The number of non-ortho nitro benzene ring substituents is 1. The van der Waals surface area contributed by atoms with E-state index in [0.29, 0.717) is 11.4 Å². The molecule has 3 rings (SSSR count). The molecule has 0 radical (unpaired) electrons. The molecule has 0 bridgehead atoms. The number of hydrogen-bond donors (Lipinski definition) is 0. The van der Waals surface area contributed by atoms with Gasteiger partial charge in [-0.25, -0.2) is 4.99 Å². The molecule has 0 heterocycles. The van der Waals surface area contributed by atoms with Crippen molar-refractivity contribution in [2.24, 2.45) is 20.8 Å². The number of aliphatic imine (C=N–C) groups is 2. The van der Waals surface area contributed by atoms with E-state index >= 15 is 0 Å². The maximum atomic E-state index is 13.2. The molecule has 0 aromatic heterocycles. The van der Waals surface area contributed by atoms with Gasteiger partial charge in [0.25, 0.3) is 5.69 Å². The highest BCUT2D eigenvalue weighted by Crippen LogP contribution is 2.41. The molecular weight excluding hydrogens is 460 g/mol. The molecule has 0 fully saturated rings. The van der Waals surface area contributed by atoms with Gasteiger partial charge in [0.2, 0.25) is 0 Å². The first kappa shape index (κ1) is 26.6. The molecule has 0 saturated heterocycles. The summed E-state index contributed by atoms with van der Waals surface area (Å²) in [5.41, 5.74) is 0.289. The average molecular weight is 491 g/mol. The predicted molar refractivity (Wildman–Crippen MR) is 141 cm³/mol. The van der Waals surface area contributed by atoms with Crippen molar-refractivity contribution in [1.82, 2.24) is 0 Å². The van der Waals surface area contributed by atoms with Gasteiger partial charge in [0.15, 0.2) is 5.78 Å². The van der Waals surface area contributed by atoms with Crippen LogP contribution in [-0.2, 0) is 4.79 Å². The van der Waals surface area contributed by atoms with E-state index in [1.807, 2.05) is 60.6 Å². The van der Waals surface area contributed by atoms with Gasteiger partial charge in [-0.15, -0.1) is 0 Å². The summed E-state index contributed by atoms with van der Waals surface area (Å²) in [5, 5.41) is 22.3. The van der Waals surface area contributed by atoms with Crippen molar-refractivity contribution in [3.05, 3.63) is 86.0 Å². The number of nitrogens with zero attached hydrogens (tertiary/aromatic N) is 4. The lowest BCUT2D eigenvalue weighted by molar-refractivity contribution is -0.393. The summed E-state index contributed by atoms with van der Waals surface area (Å²) in [6.45, 7) is 14.0. The minimum absolute atomic E-state index is 0.0172. The second kappa shape index (κ2) is 9.22. The van der Waals surface area contributed by atoms with Crippen LogP contribution in [-0.4, -0.2) is 32.6 Å². The van der Waals surface area contributed by atoms with Gasteiger partial charge < -0.3 is 0 Å². The highest BCUT2D eigenvalue weighted by atomic mass is 16.6. The fourth-order valence-corrected chi connectivity index (χ4v) is 3.97. The number of ketones is 1. The lowest BCUT2D eigenvalue weighted by Crippen LogP contribution is -2.35. The van der Waals surface area contributed by atoms with E-state index in [4.69, 9.17) is 4.99 Å². The van der Waals surface area contributed by atoms with Crippen LogP contribution < -0.4 is 0 Å². The van der Waals surface area contributed by atoms with Crippen molar-refractivity contribution >= 4 is 34.3 Å². The Morgan fingerprint density at radius 2 is 1.31 bits per heavy atom. The summed E-state index contributed by atoms with van der Waals surface area (Å²) >= 11 is 0. The van der Waals surface area contributed by atoms with Gasteiger partial charge in [-0.1, -0.05) is 41.5 Å². The van der Waals surface area contributed by atoms with Gasteiger partial charge in [-0.2, -0.15) is 0 Å². The number of carbonyl (C=O) groups excluding carboxylic acids is 1. The van der Waals surface area contributed by atoms with Crippen LogP contribution in [0.5, 0.6) is 0 Å². The van der Waals surface area contributed by atoms with Crippen LogP contribution in [0.1, 0.15) is 48.5 Å². The van der Waals surface area contributed by atoms with Crippen molar-refractivity contribution in [2.45, 2.75) is 54.0 Å². The smallest absolute Gasteiger partial charge is 0.289 e. The van der Waals surface area contributed by atoms with Crippen molar-refractivity contribution in [3.8, 4) is 0 Å². The van der Waals surface area contributed by atoms with Gasteiger partial charge in [0, 0.05) is 17.2 Å². The molecule has 0 saturated carbocycles.